The average molecular weight is 439 g/mol. The molecule has 1 aromatic heterocycles. The number of aromatic nitrogens is 1. The fraction of sp³-hybridized carbons (Fsp3) is 0.458. The highest BCUT2D eigenvalue weighted by Gasteiger charge is 2.46. The number of benzene rings is 1. The van der Waals surface area contributed by atoms with Crippen LogP contribution in [0.5, 0.6) is 0 Å². The molecule has 0 unspecified atom stereocenters. The minimum absolute atomic E-state index is 0.0586. The van der Waals surface area contributed by atoms with Gasteiger partial charge in [0.1, 0.15) is 0 Å². The summed E-state index contributed by atoms with van der Waals surface area (Å²) in [6.45, 7) is 11.9. The molecule has 3 heterocycles. The number of hydrogen-bond acceptors (Lipinski definition) is 5. The van der Waals surface area contributed by atoms with E-state index in [2.05, 4.69) is 35.5 Å². The van der Waals surface area contributed by atoms with Crippen LogP contribution in [0.1, 0.15) is 29.0 Å². The van der Waals surface area contributed by atoms with Crippen molar-refractivity contribution in [1.29, 1.82) is 0 Å². The zero-order chi connectivity index (χ0) is 22.0. The first-order chi connectivity index (χ1) is 14.9. The molecule has 2 amide bonds. The Morgan fingerprint density at radius 3 is 2.19 bits per heavy atom. The van der Waals surface area contributed by atoms with Gasteiger partial charge in [0.15, 0.2) is 5.13 Å². The Balaban J connectivity index is 1.51. The first-order valence-electron chi connectivity index (χ1n) is 10.9. The van der Waals surface area contributed by atoms with E-state index in [4.69, 9.17) is 0 Å². The largest absolute Gasteiger partial charge is 0.345 e. The Kier molecular flexibility index (Phi) is 6.14. The number of aryl methyl sites for hydroxylation is 2. The number of carbonyl (C=O) groups excluding carboxylic acids is 2. The molecule has 4 rings (SSSR count). The summed E-state index contributed by atoms with van der Waals surface area (Å²) < 4.78 is 0. The molecular formula is C24H30N4O2S. The van der Waals surface area contributed by atoms with Crippen molar-refractivity contribution in [2.75, 3.05) is 44.2 Å². The number of likely N-dealkylation sites (tertiary alicyclic amines) is 1. The van der Waals surface area contributed by atoms with Crippen molar-refractivity contribution in [3.63, 3.8) is 0 Å². The van der Waals surface area contributed by atoms with Gasteiger partial charge in [-0.05, 0) is 38.3 Å². The van der Waals surface area contributed by atoms with Gasteiger partial charge in [-0.3, -0.25) is 9.59 Å². The van der Waals surface area contributed by atoms with Crippen LogP contribution >= 0.6 is 11.3 Å². The SMILES string of the molecule is C=CC(=O)N1CCC(C(=O)N2CCN(c3nc(C)c(C)s3)CC2)(c2ccccc2)CC1. The van der Waals surface area contributed by atoms with E-state index in [1.165, 1.54) is 11.0 Å². The van der Waals surface area contributed by atoms with Crippen LogP contribution in [-0.4, -0.2) is 65.9 Å². The molecule has 1 aromatic carbocycles. The van der Waals surface area contributed by atoms with Gasteiger partial charge in [-0.25, -0.2) is 4.98 Å². The second kappa shape index (κ2) is 8.83. The molecule has 2 saturated heterocycles. The Hall–Kier alpha value is -2.67. The van der Waals surface area contributed by atoms with Gasteiger partial charge in [-0.1, -0.05) is 36.9 Å². The summed E-state index contributed by atoms with van der Waals surface area (Å²) in [6, 6.07) is 10.1. The van der Waals surface area contributed by atoms with Crippen LogP contribution in [-0.2, 0) is 15.0 Å². The number of anilines is 1. The van der Waals surface area contributed by atoms with Gasteiger partial charge in [0, 0.05) is 44.1 Å². The van der Waals surface area contributed by atoms with Gasteiger partial charge in [0.25, 0.3) is 0 Å². The predicted octanol–water partition coefficient (Wildman–Crippen LogP) is 3.15. The van der Waals surface area contributed by atoms with Crippen molar-refractivity contribution in [3.8, 4) is 0 Å². The standard InChI is InChI=1S/C24H30N4O2S/c1-4-21(29)26-12-10-24(11-13-26,20-8-6-5-7-9-20)22(30)27-14-16-28(17-15-27)23-25-18(2)19(3)31-23/h4-9H,1,10-17H2,2-3H3. The van der Waals surface area contributed by atoms with E-state index in [0.717, 1.165) is 29.5 Å². The third-order valence-electron chi connectivity index (χ3n) is 6.69. The third kappa shape index (κ3) is 4.11. The molecule has 2 aliphatic rings. The number of piperidine rings is 1. The summed E-state index contributed by atoms with van der Waals surface area (Å²) in [7, 11) is 0. The molecule has 164 valence electrons. The number of carbonyl (C=O) groups is 2. The Morgan fingerprint density at radius 1 is 1.00 bits per heavy atom. The number of hydrogen-bond donors (Lipinski definition) is 0. The van der Waals surface area contributed by atoms with Crippen LogP contribution in [0, 0.1) is 13.8 Å². The molecule has 6 nitrogen and oxygen atoms in total. The Morgan fingerprint density at radius 2 is 1.65 bits per heavy atom. The highest BCUT2D eigenvalue weighted by molar-refractivity contribution is 7.15. The fourth-order valence-corrected chi connectivity index (χ4v) is 5.58. The molecule has 0 atom stereocenters. The van der Waals surface area contributed by atoms with Crippen LogP contribution in [0.15, 0.2) is 43.0 Å². The quantitative estimate of drug-likeness (QED) is 0.688. The summed E-state index contributed by atoms with van der Waals surface area (Å²) >= 11 is 1.73. The zero-order valence-corrected chi connectivity index (χ0v) is 19.2. The molecule has 2 aliphatic heterocycles. The maximum Gasteiger partial charge on any atom is 0.245 e. The van der Waals surface area contributed by atoms with Crippen LogP contribution in [0.2, 0.25) is 0 Å². The number of piperazine rings is 1. The van der Waals surface area contributed by atoms with E-state index in [1.807, 2.05) is 30.0 Å². The molecule has 0 spiro atoms. The smallest absolute Gasteiger partial charge is 0.245 e. The van der Waals surface area contributed by atoms with E-state index in [9.17, 15) is 9.59 Å². The van der Waals surface area contributed by atoms with Crippen LogP contribution < -0.4 is 4.90 Å². The number of thiazole rings is 1. The lowest BCUT2D eigenvalue weighted by molar-refractivity contribution is -0.142. The number of rotatable bonds is 4. The van der Waals surface area contributed by atoms with E-state index in [-0.39, 0.29) is 11.8 Å². The second-order valence-electron chi connectivity index (χ2n) is 8.39. The summed E-state index contributed by atoms with van der Waals surface area (Å²) in [5.74, 6) is 0.132. The van der Waals surface area contributed by atoms with Gasteiger partial charge >= 0.3 is 0 Å². The number of nitrogens with zero attached hydrogens (tertiary/aromatic N) is 4. The van der Waals surface area contributed by atoms with Crippen LogP contribution in [0.4, 0.5) is 5.13 Å². The highest BCUT2D eigenvalue weighted by Crippen LogP contribution is 2.38. The summed E-state index contributed by atoms with van der Waals surface area (Å²) in [5.41, 5.74) is 1.57. The lowest BCUT2D eigenvalue weighted by Gasteiger charge is -2.45. The normalized spacial score (nSPS) is 18.7. The van der Waals surface area contributed by atoms with E-state index in [1.54, 1.807) is 16.2 Å². The predicted molar refractivity (Wildman–Crippen MR) is 125 cm³/mol. The van der Waals surface area contributed by atoms with Gasteiger partial charge in [0.2, 0.25) is 11.8 Å². The average Bonchev–Trinajstić information content (AvgIpc) is 3.17. The third-order valence-corrected chi connectivity index (χ3v) is 7.83. The van der Waals surface area contributed by atoms with Crippen molar-refractivity contribution in [2.24, 2.45) is 0 Å². The van der Waals surface area contributed by atoms with Gasteiger partial charge in [-0.2, -0.15) is 0 Å². The molecule has 2 fully saturated rings. The minimum atomic E-state index is -0.574. The molecular weight excluding hydrogens is 408 g/mol. The van der Waals surface area contributed by atoms with Crippen LogP contribution in [0.3, 0.4) is 0 Å². The number of amides is 2. The molecule has 0 aliphatic carbocycles. The summed E-state index contributed by atoms with van der Waals surface area (Å²) in [6.07, 6.45) is 2.64. The lowest BCUT2D eigenvalue weighted by atomic mass is 9.71. The minimum Gasteiger partial charge on any atom is -0.345 e. The maximum atomic E-state index is 13.9. The molecule has 0 saturated carbocycles. The highest BCUT2D eigenvalue weighted by atomic mass is 32.1. The lowest BCUT2D eigenvalue weighted by Crippen LogP contribution is -2.57. The fourth-order valence-electron chi connectivity index (χ4n) is 4.62. The van der Waals surface area contributed by atoms with Gasteiger partial charge in [-0.15, -0.1) is 11.3 Å². The van der Waals surface area contributed by atoms with E-state index in [0.29, 0.717) is 39.0 Å². The Labute approximate surface area is 188 Å². The first-order valence-corrected chi connectivity index (χ1v) is 11.7. The monoisotopic (exact) mass is 438 g/mol. The van der Waals surface area contributed by atoms with Gasteiger partial charge < -0.3 is 14.7 Å². The van der Waals surface area contributed by atoms with E-state index < -0.39 is 5.41 Å². The summed E-state index contributed by atoms with van der Waals surface area (Å²) in [5, 5.41) is 1.05. The van der Waals surface area contributed by atoms with Crippen molar-refractivity contribution >= 4 is 28.3 Å². The molecule has 31 heavy (non-hydrogen) atoms. The van der Waals surface area contributed by atoms with E-state index >= 15 is 0 Å². The topological polar surface area (TPSA) is 56.8 Å². The van der Waals surface area contributed by atoms with Crippen LogP contribution in [0.25, 0.3) is 0 Å². The van der Waals surface area contributed by atoms with Crippen molar-refractivity contribution in [2.45, 2.75) is 32.1 Å². The zero-order valence-electron chi connectivity index (χ0n) is 18.3. The molecule has 7 heteroatoms. The van der Waals surface area contributed by atoms with Crippen molar-refractivity contribution in [1.82, 2.24) is 14.8 Å². The van der Waals surface area contributed by atoms with Crippen molar-refractivity contribution in [3.05, 3.63) is 59.1 Å². The molecule has 2 aromatic rings. The molecule has 0 bridgehead atoms. The maximum absolute atomic E-state index is 13.9. The molecule has 0 radical (unpaired) electrons. The first kappa shape index (κ1) is 21.6. The second-order valence-corrected chi connectivity index (χ2v) is 9.58. The van der Waals surface area contributed by atoms with Gasteiger partial charge in [0.05, 0.1) is 11.1 Å². The summed E-state index contributed by atoms with van der Waals surface area (Å²) in [4.78, 5) is 38.0. The van der Waals surface area contributed by atoms with Crippen molar-refractivity contribution < 1.29 is 9.59 Å². The Bertz CT molecular complexity index is 936. The molecule has 0 N–H and O–H groups in total.